The fourth-order valence-corrected chi connectivity index (χ4v) is 11.1. The second kappa shape index (κ2) is 41.1. The van der Waals surface area contributed by atoms with Gasteiger partial charge >= 0.3 is 11.9 Å². The average molecular weight is 1470 g/mol. The first-order valence-electron chi connectivity index (χ1n) is 33.9. The number of amidine groups is 1. The number of aliphatic hydroxyl groups excluding tert-OH is 3. The normalized spacial score (nSPS) is 14.9. The van der Waals surface area contributed by atoms with Gasteiger partial charge in [0, 0.05) is 25.8 Å². The molecule has 9 amide bonds. The van der Waals surface area contributed by atoms with E-state index in [-0.39, 0.29) is 24.2 Å². The summed E-state index contributed by atoms with van der Waals surface area (Å²) in [6, 6.07) is 12.7. The molecule has 0 heterocycles. The number of carbonyl (C=O) groups is 12. The summed E-state index contributed by atoms with van der Waals surface area (Å²) in [6.45, 7) is 9.37. The molecule has 0 aliphatic heterocycles. The molecule has 33 nitrogen and oxygen atoms in total. The van der Waals surface area contributed by atoms with E-state index in [9.17, 15) is 83.1 Å². The number of carboxylic acids is 2. The van der Waals surface area contributed by atoms with Gasteiger partial charge in [-0.2, -0.15) is 5.10 Å². The van der Waals surface area contributed by atoms with Gasteiger partial charge in [0.1, 0.15) is 70.4 Å². The summed E-state index contributed by atoms with van der Waals surface area (Å²) in [5, 5.41) is 76.6. The summed E-state index contributed by atoms with van der Waals surface area (Å²) in [7, 11) is 0. The molecule has 10 atom stereocenters. The van der Waals surface area contributed by atoms with Gasteiger partial charge in [0.2, 0.25) is 53.2 Å². The van der Waals surface area contributed by atoms with Crippen LogP contribution in [-0.4, -0.2) is 195 Å². The summed E-state index contributed by atoms with van der Waals surface area (Å²) in [5.41, 5.74) is 13.1. The lowest BCUT2D eigenvalue weighted by molar-refractivity contribution is -0.154. The van der Waals surface area contributed by atoms with Crippen molar-refractivity contribution in [2.75, 3.05) is 32.8 Å². The number of hydrogen-bond acceptors (Lipinski definition) is 21. The molecule has 574 valence electrons. The SMILES string of the molecule is CCc1cc(OCCCCN)ccc1-c1ccc(C[C@](C=O)(CN[C@@H](CCCc2cc(C)cc(C)c2)C(N)=O)NC(=O)[C@H](CC(=O)O)NC(=O)[C@H](CO)NC(=O)[C@@H](NC(=O)[C@](C)(Cc2ccccc2F)NC(=O)[C@@H](NC(=O)CNC(=O)[C@H](CC(=NN)NN)NC(=O)C(C)(C)C(=O)O)[C@@H](C)O)[C@@H](C)O)cc1. The van der Waals surface area contributed by atoms with Crippen molar-refractivity contribution in [1.29, 1.82) is 0 Å². The lowest BCUT2D eigenvalue weighted by atomic mass is 9.89. The van der Waals surface area contributed by atoms with E-state index in [1.807, 2.05) is 57.2 Å². The zero-order valence-electron chi connectivity index (χ0n) is 60.1. The minimum atomic E-state index is -2.41. The van der Waals surface area contributed by atoms with E-state index in [1.165, 1.54) is 18.2 Å². The molecular formula is C71H100FN15O18. The Morgan fingerprint density at radius 2 is 1.30 bits per heavy atom. The second-order valence-corrected chi connectivity index (χ2v) is 26.4. The predicted molar refractivity (Wildman–Crippen MR) is 383 cm³/mol. The highest BCUT2D eigenvalue weighted by atomic mass is 19.1. The van der Waals surface area contributed by atoms with Crippen molar-refractivity contribution in [3.05, 3.63) is 124 Å². The number of aliphatic hydroxyl groups is 3. The monoisotopic (exact) mass is 1470 g/mol. The van der Waals surface area contributed by atoms with Crippen LogP contribution in [0, 0.1) is 25.1 Å². The standard InChI is InChI=1S/C71H100FN15O18/c1-9-45-30-48(105-26-13-12-25-73)23-24-49(45)46-21-19-43(20-22-46)33-71(38-89,37-78-51(60(74)95)18-14-15-44-28-39(2)27-40(3)29-44)85-63(98)53(32-57(93)94)79-62(97)54(36-88)80-64(99)58(41(4)90)83-67(102)70(8,34-47-16-10-11-17-50(47)72)84-65(100)59(42(5)91)82-56(92)35-77-61(96)52(31-55(86-75)87-76)81-66(101)69(6,7)68(103)104/h10-11,16-17,19-24,27-30,38,41-42,51-54,58-59,78,88,90-91H,9,12-15,18,25-26,31-37,73,75-76H2,1-8H3,(H2,74,95)(H,77,96)(H,79,97)(H,80,99)(H,81,101)(H,82,92)(H,83,102)(H,84,100)(H,85,98)(H,86,87)(H,93,94)(H,103,104)/t41-,42-,51+,52+,53+,54+,58+,59+,70+,71-/m1/s1. The van der Waals surface area contributed by atoms with Gasteiger partial charge in [-0.15, -0.1) is 0 Å². The highest BCUT2D eigenvalue weighted by Crippen LogP contribution is 2.30. The summed E-state index contributed by atoms with van der Waals surface area (Å²) in [4.78, 5) is 163. The summed E-state index contributed by atoms with van der Waals surface area (Å²) in [5.74, 6) is -4.00. The highest BCUT2D eigenvalue weighted by Gasteiger charge is 2.44. The van der Waals surface area contributed by atoms with Gasteiger partial charge < -0.3 is 106 Å². The van der Waals surface area contributed by atoms with Gasteiger partial charge in [0.25, 0.3) is 0 Å². The molecule has 0 aliphatic rings. The van der Waals surface area contributed by atoms with Gasteiger partial charge in [0.05, 0.1) is 44.4 Å². The maximum absolute atomic E-state index is 15.4. The molecule has 0 unspecified atom stereocenters. The molecule has 4 aromatic rings. The number of hydrazine groups is 1. The molecule has 0 saturated heterocycles. The number of carbonyl (C=O) groups excluding carboxylic acids is 10. The maximum atomic E-state index is 15.4. The Bertz CT molecular complexity index is 3730. The molecule has 0 aliphatic carbocycles. The number of amides is 9. The third-order valence-corrected chi connectivity index (χ3v) is 17.2. The van der Waals surface area contributed by atoms with Crippen molar-refractivity contribution in [3.8, 4) is 16.9 Å². The maximum Gasteiger partial charge on any atom is 0.318 e. The molecular weight excluding hydrogens is 1370 g/mol. The number of carboxylic acid groups (broad SMARTS) is 2. The fourth-order valence-electron chi connectivity index (χ4n) is 11.1. The third-order valence-electron chi connectivity index (χ3n) is 17.2. The van der Waals surface area contributed by atoms with Crippen LogP contribution >= 0.6 is 0 Å². The highest BCUT2D eigenvalue weighted by molar-refractivity contribution is 6.04. The number of hydrogen-bond donors (Lipinski definition) is 19. The van der Waals surface area contributed by atoms with Crippen molar-refractivity contribution >= 4 is 77.2 Å². The van der Waals surface area contributed by atoms with Crippen LogP contribution < -0.4 is 81.2 Å². The van der Waals surface area contributed by atoms with Crippen molar-refractivity contribution in [1.82, 2.24) is 53.3 Å². The fraction of sp³-hybridized carbons (Fsp3) is 0.479. The number of nitrogens with zero attached hydrogens (tertiary/aromatic N) is 1. The van der Waals surface area contributed by atoms with Crippen LogP contribution in [0.1, 0.15) is 113 Å². The van der Waals surface area contributed by atoms with Crippen LogP contribution in [0.25, 0.3) is 11.1 Å². The quantitative estimate of drug-likeness (QED) is 0.00432. The molecule has 0 radical (unpaired) electrons. The van der Waals surface area contributed by atoms with E-state index in [0.29, 0.717) is 50.0 Å². The topological polar surface area (TPSA) is 552 Å². The van der Waals surface area contributed by atoms with E-state index in [0.717, 1.165) is 86.9 Å². The summed E-state index contributed by atoms with van der Waals surface area (Å²) < 4.78 is 21.4. The number of halogens is 1. The Kier molecular flexibility index (Phi) is 34.0. The van der Waals surface area contributed by atoms with E-state index >= 15 is 4.39 Å². The van der Waals surface area contributed by atoms with E-state index < -0.39 is 175 Å². The molecule has 0 spiro atoms. The Labute approximate surface area is 607 Å². The number of hydrazone groups is 1. The number of primary amides is 1. The molecule has 105 heavy (non-hydrogen) atoms. The third kappa shape index (κ3) is 26.6. The first kappa shape index (κ1) is 86.9. The van der Waals surface area contributed by atoms with Gasteiger partial charge in [-0.05, 0) is 145 Å². The summed E-state index contributed by atoms with van der Waals surface area (Å²) >= 11 is 0. The van der Waals surface area contributed by atoms with Gasteiger partial charge in [-0.1, -0.05) is 84.8 Å². The molecule has 0 bridgehead atoms. The molecule has 0 saturated carbocycles. The van der Waals surface area contributed by atoms with E-state index in [2.05, 4.69) is 58.4 Å². The molecule has 34 heteroatoms. The van der Waals surface area contributed by atoms with E-state index in [1.54, 1.807) is 24.3 Å². The molecule has 4 aromatic carbocycles. The molecule has 4 rings (SSSR count). The molecule has 0 aromatic heterocycles. The Hall–Kier alpha value is -10.5. The van der Waals surface area contributed by atoms with Crippen molar-refractivity contribution in [2.45, 2.75) is 179 Å². The lowest BCUT2D eigenvalue weighted by Crippen LogP contribution is -2.67. The summed E-state index contributed by atoms with van der Waals surface area (Å²) in [6.07, 6.45) is -2.64. The van der Waals surface area contributed by atoms with Crippen molar-refractivity contribution < 1.29 is 92.2 Å². The number of nitrogens with two attached hydrogens (primary N) is 4. The van der Waals surface area contributed by atoms with E-state index in [4.69, 9.17) is 27.9 Å². The number of aldehydes is 1. The first-order chi connectivity index (χ1) is 49.5. The predicted octanol–water partition coefficient (Wildman–Crippen LogP) is -2.02. The van der Waals surface area contributed by atoms with Crippen LogP contribution in [0.3, 0.4) is 0 Å². The van der Waals surface area contributed by atoms with Crippen LogP contribution in [-0.2, 0) is 83.2 Å². The average Bonchev–Trinajstić information content (AvgIpc) is 0.812. The van der Waals surface area contributed by atoms with Gasteiger partial charge in [0.15, 0.2) is 0 Å². The lowest BCUT2D eigenvalue weighted by Gasteiger charge is -2.34. The Morgan fingerprint density at radius 3 is 1.87 bits per heavy atom. The van der Waals surface area contributed by atoms with Crippen molar-refractivity contribution in [3.63, 3.8) is 0 Å². The Morgan fingerprint density at radius 1 is 0.676 bits per heavy atom. The second-order valence-electron chi connectivity index (χ2n) is 26.4. The number of aryl methyl sites for hydroxylation is 4. The zero-order chi connectivity index (χ0) is 78.5. The first-order valence-corrected chi connectivity index (χ1v) is 33.9. The zero-order valence-corrected chi connectivity index (χ0v) is 60.1. The molecule has 23 N–H and O–H groups in total. The Balaban J connectivity index is 1.62. The van der Waals surface area contributed by atoms with Crippen LogP contribution in [0.5, 0.6) is 5.75 Å². The number of benzene rings is 4. The minimum Gasteiger partial charge on any atom is -0.494 e. The number of aliphatic carboxylic acids is 2. The number of nitrogens with one attached hydrogen (secondary N) is 10. The number of ether oxygens (including phenoxy) is 1. The van der Waals surface area contributed by atoms with Gasteiger partial charge in [-0.3, -0.25) is 52.7 Å². The number of rotatable bonds is 44. The van der Waals surface area contributed by atoms with Crippen LogP contribution in [0.15, 0.2) is 90.0 Å². The van der Waals surface area contributed by atoms with Gasteiger partial charge in [-0.25, -0.2) is 10.2 Å². The number of unbranched alkanes of at least 4 members (excludes halogenated alkanes) is 1. The largest absolute Gasteiger partial charge is 0.494 e. The molecule has 0 fully saturated rings. The van der Waals surface area contributed by atoms with Crippen LogP contribution in [0.4, 0.5) is 4.39 Å². The van der Waals surface area contributed by atoms with Crippen LogP contribution in [0.2, 0.25) is 0 Å². The smallest absolute Gasteiger partial charge is 0.318 e. The minimum absolute atomic E-state index is 0.182. The van der Waals surface area contributed by atoms with Crippen molar-refractivity contribution in [2.24, 2.45) is 33.7 Å².